The van der Waals surface area contributed by atoms with E-state index >= 15 is 0 Å². The summed E-state index contributed by atoms with van der Waals surface area (Å²) in [4.78, 5) is 12.1. The van der Waals surface area contributed by atoms with Crippen molar-refractivity contribution >= 4 is 11.7 Å². The zero-order valence-corrected chi connectivity index (χ0v) is 11.4. The summed E-state index contributed by atoms with van der Waals surface area (Å²) in [7, 11) is 1.45. The number of carbonyl (C=O) groups is 1. The van der Waals surface area contributed by atoms with E-state index in [0.717, 1.165) is 16.8 Å². The molecule has 3 rings (SSSR count). The van der Waals surface area contributed by atoms with Gasteiger partial charge in [0.25, 0.3) is 0 Å². The van der Waals surface area contributed by atoms with Crippen molar-refractivity contribution in [1.29, 1.82) is 0 Å². The number of hydrogen-bond acceptors (Lipinski definition) is 3. The van der Waals surface area contributed by atoms with E-state index in [9.17, 15) is 4.79 Å². The van der Waals surface area contributed by atoms with Gasteiger partial charge in [-0.25, -0.2) is 0 Å². The van der Waals surface area contributed by atoms with E-state index in [2.05, 4.69) is 17.4 Å². The number of fused-ring (bicyclic) bond motifs is 1. The van der Waals surface area contributed by atoms with Gasteiger partial charge < -0.3 is 10.1 Å². The van der Waals surface area contributed by atoms with E-state index in [4.69, 9.17) is 4.74 Å². The first-order valence-corrected chi connectivity index (χ1v) is 6.77. The summed E-state index contributed by atoms with van der Waals surface area (Å²) in [6.45, 7) is 0. The molecule has 0 spiro atoms. The molecule has 2 aromatic rings. The van der Waals surface area contributed by atoms with Gasteiger partial charge in [0, 0.05) is 5.69 Å². The van der Waals surface area contributed by atoms with Crippen molar-refractivity contribution in [1.82, 2.24) is 0 Å². The molecular formula is C17H17NO2. The molecule has 0 saturated heterocycles. The minimum Gasteiger partial charge on any atom is -0.469 e. The van der Waals surface area contributed by atoms with Crippen LogP contribution in [0.3, 0.4) is 0 Å². The number of anilines is 1. The maximum absolute atomic E-state index is 12.1. The topological polar surface area (TPSA) is 38.3 Å². The van der Waals surface area contributed by atoms with Crippen LogP contribution in [0.5, 0.6) is 0 Å². The molecular weight excluding hydrogens is 250 g/mol. The second-order valence-electron chi connectivity index (χ2n) is 5.02. The molecule has 1 heterocycles. The number of carbonyl (C=O) groups excluding carboxylic acids is 1. The van der Waals surface area contributed by atoms with Crippen LogP contribution in [-0.2, 0) is 16.0 Å². The summed E-state index contributed by atoms with van der Waals surface area (Å²) >= 11 is 0. The number of ether oxygens (including phenoxy) is 1. The Hall–Kier alpha value is -2.29. The van der Waals surface area contributed by atoms with Crippen molar-refractivity contribution in [2.24, 2.45) is 5.92 Å². The fraction of sp³-hybridized carbons (Fsp3) is 0.235. The summed E-state index contributed by atoms with van der Waals surface area (Å²) in [5, 5.41) is 3.48. The molecule has 0 saturated carbocycles. The highest BCUT2D eigenvalue weighted by Crippen LogP contribution is 2.37. The Kier molecular flexibility index (Phi) is 3.42. The molecule has 2 aromatic carbocycles. The Morgan fingerprint density at radius 1 is 1.10 bits per heavy atom. The van der Waals surface area contributed by atoms with Crippen LogP contribution in [0.15, 0.2) is 54.6 Å². The first-order valence-electron chi connectivity index (χ1n) is 6.77. The molecule has 2 atom stereocenters. The van der Waals surface area contributed by atoms with Gasteiger partial charge in [-0.1, -0.05) is 48.5 Å². The molecule has 0 amide bonds. The maximum Gasteiger partial charge on any atom is 0.311 e. The summed E-state index contributed by atoms with van der Waals surface area (Å²) in [6, 6.07) is 18.1. The van der Waals surface area contributed by atoms with Gasteiger partial charge in [-0.05, 0) is 23.6 Å². The SMILES string of the molecule is COC(=O)[C@H]1Cc2ccccc2N[C@H]1c1ccccc1. The van der Waals surface area contributed by atoms with E-state index in [0.29, 0.717) is 6.42 Å². The Labute approximate surface area is 118 Å². The van der Waals surface area contributed by atoms with Crippen molar-refractivity contribution in [2.75, 3.05) is 12.4 Å². The maximum atomic E-state index is 12.1. The molecule has 3 nitrogen and oxygen atoms in total. The Balaban J connectivity index is 2.00. The molecule has 1 aliphatic heterocycles. The lowest BCUT2D eigenvalue weighted by Gasteiger charge is -2.33. The fourth-order valence-corrected chi connectivity index (χ4v) is 2.81. The Morgan fingerprint density at radius 3 is 2.55 bits per heavy atom. The van der Waals surface area contributed by atoms with E-state index in [-0.39, 0.29) is 17.9 Å². The van der Waals surface area contributed by atoms with Crippen molar-refractivity contribution in [2.45, 2.75) is 12.5 Å². The highest BCUT2D eigenvalue weighted by Gasteiger charge is 2.34. The molecule has 0 unspecified atom stereocenters. The monoisotopic (exact) mass is 267 g/mol. The van der Waals surface area contributed by atoms with Crippen molar-refractivity contribution in [3.63, 3.8) is 0 Å². The predicted molar refractivity (Wildman–Crippen MR) is 78.5 cm³/mol. The lowest BCUT2D eigenvalue weighted by atomic mass is 9.83. The molecule has 0 fully saturated rings. The number of esters is 1. The van der Waals surface area contributed by atoms with Crippen LogP contribution < -0.4 is 5.32 Å². The average molecular weight is 267 g/mol. The largest absolute Gasteiger partial charge is 0.469 e. The van der Waals surface area contributed by atoms with Crippen LogP contribution in [0.2, 0.25) is 0 Å². The summed E-state index contributed by atoms with van der Waals surface area (Å²) in [6.07, 6.45) is 0.704. The Bertz CT molecular complexity index is 609. The molecule has 0 radical (unpaired) electrons. The zero-order chi connectivity index (χ0) is 13.9. The van der Waals surface area contributed by atoms with Gasteiger partial charge in [-0.2, -0.15) is 0 Å². The minimum atomic E-state index is -0.197. The number of para-hydroxylation sites is 1. The second-order valence-corrected chi connectivity index (χ2v) is 5.02. The summed E-state index contributed by atoms with van der Waals surface area (Å²) in [5.74, 6) is -0.363. The van der Waals surface area contributed by atoms with E-state index < -0.39 is 0 Å². The normalized spacial score (nSPS) is 20.6. The molecule has 3 heteroatoms. The lowest BCUT2D eigenvalue weighted by molar-refractivity contribution is -0.146. The van der Waals surface area contributed by atoms with E-state index in [1.54, 1.807) is 0 Å². The van der Waals surface area contributed by atoms with Gasteiger partial charge in [0.1, 0.15) is 0 Å². The average Bonchev–Trinajstić information content (AvgIpc) is 2.53. The number of methoxy groups -OCH3 is 1. The summed E-state index contributed by atoms with van der Waals surface area (Å²) < 4.78 is 4.98. The van der Waals surface area contributed by atoms with E-state index in [1.807, 2.05) is 42.5 Å². The Morgan fingerprint density at radius 2 is 1.80 bits per heavy atom. The van der Waals surface area contributed by atoms with Crippen LogP contribution in [-0.4, -0.2) is 13.1 Å². The first-order chi connectivity index (χ1) is 9.79. The molecule has 1 aliphatic rings. The van der Waals surface area contributed by atoms with Gasteiger partial charge in [0.15, 0.2) is 0 Å². The van der Waals surface area contributed by atoms with Crippen LogP contribution in [0.1, 0.15) is 17.2 Å². The van der Waals surface area contributed by atoms with Gasteiger partial charge >= 0.3 is 5.97 Å². The van der Waals surface area contributed by atoms with Gasteiger partial charge in [-0.15, -0.1) is 0 Å². The van der Waals surface area contributed by atoms with Gasteiger partial charge in [-0.3, -0.25) is 4.79 Å². The number of benzene rings is 2. The number of nitrogens with one attached hydrogen (secondary N) is 1. The number of hydrogen-bond donors (Lipinski definition) is 1. The fourth-order valence-electron chi connectivity index (χ4n) is 2.81. The molecule has 102 valence electrons. The van der Waals surface area contributed by atoms with Crippen LogP contribution >= 0.6 is 0 Å². The summed E-state index contributed by atoms with van der Waals surface area (Å²) in [5.41, 5.74) is 3.37. The van der Waals surface area contributed by atoms with Gasteiger partial charge in [0.05, 0.1) is 19.1 Å². The third-order valence-electron chi connectivity index (χ3n) is 3.83. The minimum absolute atomic E-state index is 0.0430. The molecule has 0 aromatic heterocycles. The molecule has 0 bridgehead atoms. The van der Waals surface area contributed by atoms with Crippen LogP contribution in [0, 0.1) is 5.92 Å². The van der Waals surface area contributed by atoms with Crippen LogP contribution in [0.25, 0.3) is 0 Å². The zero-order valence-electron chi connectivity index (χ0n) is 11.4. The molecule has 20 heavy (non-hydrogen) atoms. The van der Waals surface area contributed by atoms with Crippen LogP contribution in [0.4, 0.5) is 5.69 Å². The number of rotatable bonds is 2. The first kappa shape index (κ1) is 12.7. The third-order valence-corrected chi connectivity index (χ3v) is 3.83. The second kappa shape index (κ2) is 5.37. The van der Waals surface area contributed by atoms with Crippen molar-refractivity contribution < 1.29 is 9.53 Å². The molecule has 1 N–H and O–H groups in total. The highest BCUT2D eigenvalue weighted by molar-refractivity contribution is 5.76. The van der Waals surface area contributed by atoms with Crippen molar-refractivity contribution in [3.05, 3.63) is 65.7 Å². The third kappa shape index (κ3) is 2.27. The van der Waals surface area contributed by atoms with E-state index in [1.165, 1.54) is 7.11 Å². The van der Waals surface area contributed by atoms with Crippen molar-refractivity contribution in [3.8, 4) is 0 Å². The quantitative estimate of drug-likeness (QED) is 0.849. The standard InChI is InChI=1S/C17H17NO2/c1-20-17(19)14-11-13-9-5-6-10-15(13)18-16(14)12-7-3-2-4-8-12/h2-10,14,16,18H,11H2,1H3/t14-,16-/m0/s1. The van der Waals surface area contributed by atoms with Gasteiger partial charge in [0.2, 0.25) is 0 Å². The molecule has 0 aliphatic carbocycles. The predicted octanol–water partition coefficient (Wildman–Crippen LogP) is 3.19. The highest BCUT2D eigenvalue weighted by atomic mass is 16.5. The smallest absolute Gasteiger partial charge is 0.311 e. The lowest BCUT2D eigenvalue weighted by Crippen LogP contribution is -2.34.